The van der Waals surface area contributed by atoms with Gasteiger partial charge >= 0.3 is 0 Å². The fraction of sp³-hybridized carbons (Fsp3) is 0.308. The Hall–Kier alpha value is -1.88. The van der Waals surface area contributed by atoms with Crippen molar-refractivity contribution >= 4 is 17.4 Å². The third-order valence-electron chi connectivity index (χ3n) is 3.32. The second-order valence-corrected chi connectivity index (χ2v) is 4.77. The predicted molar refractivity (Wildman–Crippen MR) is 73.6 cm³/mol. The van der Waals surface area contributed by atoms with Crippen LogP contribution in [0.3, 0.4) is 0 Å². The molecule has 2 aromatic rings. The molecular formula is C13H14ClN3O2. The maximum Gasteiger partial charge on any atom is 0.231 e. The second kappa shape index (κ2) is 4.35. The molecule has 5 nitrogen and oxygen atoms in total. The Labute approximate surface area is 115 Å². The normalized spacial score (nSPS) is 13.0. The van der Waals surface area contributed by atoms with Crippen LogP contribution in [0.15, 0.2) is 12.3 Å². The quantitative estimate of drug-likeness (QED) is 0.918. The molecule has 0 saturated carbocycles. The molecule has 3 rings (SSSR count). The van der Waals surface area contributed by atoms with Gasteiger partial charge in [-0.25, -0.2) is 0 Å². The Balaban J connectivity index is 2.29. The molecule has 1 aromatic carbocycles. The molecule has 2 N–H and O–H groups in total. The van der Waals surface area contributed by atoms with Crippen molar-refractivity contribution < 1.29 is 9.47 Å². The first-order valence-corrected chi connectivity index (χ1v) is 6.40. The monoisotopic (exact) mass is 279 g/mol. The maximum absolute atomic E-state index is 6.38. The van der Waals surface area contributed by atoms with E-state index >= 15 is 0 Å². The Bertz CT molecular complexity index is 652. The van der Waals surface area contributed by atoms with Crippen LogP contribution in [0.5, 0.6) is 11.5 Å². The van der Waals surface area contributed by atoms with Gasteiger partial charge in [0.2, 0.25) is 6.79 Å². The molecule has 0 aliphatic carbocycles. The Morgan fingerprint density at radius 1 is 1.47 bits per heavy atom. The summed E-state index contributed by atoms with van der Waals surface area (Å²) in [4.78, 5) is 0. The first kappa shape index (κ1) is 12.2. The smallest absolute Gasteiger partial charge is 0.231 e. The van der Waals surface area contributed by atoms with E-state index in [4.69, 9.17) is 26.8 Å². The summed E-state index contributed by atoms with van der Waals surface area (Å²) >= 11 is 6.38. The van der Waals surface area contributed by atoms with E-state index in [0.29, 0.717) is 16.6 Å². The lowest BCUT2D eigenvalue weighted by molar-refractivity contribution is 0.173. The zero-order valence-electron chi connectivity index (χ0n) is 10.7. The van der Waals surface area contributed by atoms with E-state index in [2.05, 4.69) is 5.10 Å². The fourth-order valence-corrected chi connectivity index (χ4v) is 2.66. The number of nitrogens with two attached hydrogens (primary N) is 1. The average molecular weight is 280 g/mol. The number of nitrogens with zero attached hydrogens (tertiary/aromatic N) is 2. The zero-order chi connectivity index (χ0) is 13.6. The van der Waals surface area contributed by atoms with Crippen LogP contribution in [0.4, 0.5) is 5.82 Å². The van der Waals surface area contributed by atoms with Crippen LogP contribution in [0, 0.1) is 0 Å². The molecule has 100 valence electrons. The van der Waals surface area contributed by atoms with Crippen molar-refractivity contribution in [3.8, 4) is 22.6 Å². The van der Waals surface area contributed by atoms with Crippen LogP contribution in [0.2, 0.25) is 5.02 Å². The minimum atomic E-state index is 0.227. The van der Waals surface area contributed by atoms with Gasteiger partial charge in [0.1, 0.15) is 5.82 Å². The number of rotatable bonds is 2. The molecule has 0 spiro atoms. The van der Waals surface area contributed by atoms with E-state index in [1.54, 1.807) is 24.0 Å². The minimum absolute atomic E-state index is 0.227. The minimum Gasteiger partial charge on any atom is -0.454 e. The second-order valence-electron chi connectivity index (χ2n) is 4.37. The Morgan fingerprint density at radius 2 is 2.26 bits per heavy atom. The molecule has 0 unspecified atom stereocenters. The standard InChI is InChI=1S/C13H14ClN3O2/c1-3-7-11(8-5-16-17(2)13(8)15)9(14)4-10-12(7)19-6-18-10/h4-5H,3,6,15H2,1-2H3. The van der Waals surface area contributed by atoms with Crippen molar-refractivity contribution in [3.63, 3.8) is 0 Å². The number of ether oxygens (including phenoxy) is 2. The van der Waals surface area contributed by atoms with Crippen LogP contribution >= 0.6 is 11.6 Å². The Morgan fingerprint density at radius 3 is 2.89 bits per heavy atom. The highest BCUT2D eigenvalue weighted by atomic mass is 35.5. The van der Waals surface area contributed by atoms with Gasteiger partial charge in [-0.2, -0.15) is 5.10 Å². The number of aromatic nitrogens is 2. The predicted octanol–water partition coefficient (Wildman–Crippen LogP) is 2.61. The van der Waals surface area contributed by atoms with Gasteiger partial charge in [0.15, 0.2) is 11.5 Å². The number of aryl methyl sites for hydroxylation is 1. The van der Waals surface area contributed by atoms with Crippen LogP contribution < -0.4 is 15.2 Å². The van der Waals surface area contributed by atoms with Gasteiger partial charge in [0.25, 0.3) is 0 Å². The van der Waals surface area contributed by atoms with Gasteiger partial charge in [-0.1, -0.05) is 18.5 Å². The average Bonchev–Trinajstić information content (AvgIpc) is 2.97. The number of benzene rings is 1. The molecule has 0 fully saturated rings. The molecule has 1 aliphatic heterocycles. The number of hydrogen-bond donors (Lipinski definition) is 1. The van der Waals surface area contributed by atoms with Crippen molar-refractivity contribution in [2.75, 3.05) is 12.5 Å². The van der Waals surface area contributed by atoms with E-state index in [1.807, 2.05) is 6.92 Å². The zero-order valence-corrected chi connectivity index (χ0v) is 11.5. The summed E-state index contributed by atoms with van der Waals surface area (Å²) in [6.45, 7) is 2.27. The number of anilines is 1. The van der Waals surface area contributed by atoms with Crippen molar-refractivity contribution in [2.24, 2.45) is 7.05 Å². The van der Waals surface area contributed by atoms with Gasteiger partial charge in [-0.05, 0) is 6.42 Å². The fourth-order valence-electron chi connectivity index (χ4n) is 2.34. The summed E-state index contributed by atoms with van der Waals surface area (Å²) in [7, 11) is 1.80. The van der Waals surface area contributed by atoms with Gasteiger partial charge in [-0.15, -0.1) is 0 Å². The first-order chi connectivity index (χ1) is 9.13. The highest BCUT2D eigenvalue weighted by Gasteiger charge is 2.25. The third kappa shape index (κ3) is 1.73. The molecule has 0 atom stereocenters. The van der Waals surface area contributed by atoms with E-state index in [0.717, 1.165) is 28.9 Å². The van der Waals surface area contributed by atoms with Crippen LogP contribution in [0.25, 0.3) is 11.1 Å². The van der Waals surface area contributed by atoms with Gasteiger partial charge in [0.05, 0.1) is 11.2 Å². The van der Waals surface area contributed by atoms with Crippen molar-refractivity contribution in [1.29, 1.82) is 0 Å². The Kier molecular flexibility index (Phi) is 2.78. The lowest BCUT2D eigenvalue weighted by Gasteiger charge is -2.12. The highest BCUT2D eigenvalue weighted by Crippen LogP contribution is 2.46. The van der Waals surface area contributed by atoms with Gasteiger partial charge in [-0.3, -0.25) is 4.68 Å². The van der Waals surface area contributed by atoms with Crippen LogP contribution in [-0.2, 0) is 13.5 Å². The number of halogens is 1. The SMILES string of the molecule is CCc1c2c(cc(Cl)c1-c1cnn(C)c1N)OCO2. The summed E-state index contributed by atoms with van der Waals surface area (Å²) in [6.07, 6.45) is 2.49. The molecule has 1 aromatic heterocycles. The summed E-state index contributed by atoms with van der Waals surface area (Å²) < 4.78 is 12.5. The summed E-state index contributed by atoms with van der Waals surface area (Å²) in [5.74, 6) is 2.02. The molecule has 0 radical (unpaired) electrons. The van der Waals surface area contributed by atoms with Gasteiger partial charge in [0, 0.05) is 29.8 Å². The third-order valence-corrected chi connectivity index (χ3v) is 3.62. The van der Waals surface area contributed by atoms with Gasteiger partial charge < -0.3 is 15.2 Å². The molecular weight excluding hydrogens is 266 g/mol. The first-order valence-electron chi connectivity index (χ1n) is 6.02. The molecule has 1 aliphatic rings. The van der Waals surface area contributed by atoms with Crippen molar-refractivity contribution in [3.05, 3.63) is 22.8 Å². The molecule has 2 heterocycles. The molecule has 0 bridgehead atoms. The molecule has 6 heteroatoms. The number of nitrogen functional groups attached to an aromatic ring is 1. The van der Waals surface area contributed by atoms with Crippen molar-refractivity contribution in [2.45, 2.75) is 13.3 Å². The van der Waals surface area contributed by atoms with E-state index in [-0.39, 0.29) is 6.79 Å². The largest absolute Gasteiger partial charge is 0.454 e. The maximum atomic E-state index is 6.38. The van der Waals surface area contributed by atoms with E-state index < -0.39 is 0 Å². The molecule has 19 heavy (non-hydrogen) atoms. The lowest BCUT2D eigenvalue weighted by Crippen LogP contribution is -2.00. The van der Waals surface area contributed by atoms with Crippen LogP contribution in [-0.4, -0.2) is 16.6 Å². The number of fused-ring (bicyclic) bond motifs is 1. The lowest BCUT2D eigenvalue weighted by atomic mass is 9.98. The van der Waals surface area contributed by atoms with Crippen LogP contribution in [0.1, 0.15) is 12.5 Å². The number of hydrogen-bond acceptors (Lipinski definition) is 4. The molecule has 0 amide bonds. The summed E-state index contributed by atoms with van der Waals surface area (Å²) in [6, 6.07) is 1.77. The van der Waals surface area contributed by atoms with E-state index in [1.165, 1.54) is 0 Å². The topological polar surface area (TPSA) is 62.3 Å². The highest BCUT2D eigenvalue weighted by molar-refractivity contribution is 6.34. The molecule has 0 saturated heterocycles. The van der Waals surface area contributed by atoms with Crippen molar-refractivity contribution in [1.82, 2.24) is 9.78 Å². The van der Waals surface area contributed by atoms with E-state index in [9.17, 15) is 0 Å². The summed E-state index contributed by atoms with van der Waals surface area (Å²) in [5, 5.41) is 4.76. The summed E-state index contributed by atoms with van der Waals surface area (Å²) in [5.41, 5.74) is 8.74.